The Kier molecular flexibility index (Phi) is 5.76. The van der Waals surface area contributed by atoms with E-state index >= 15 is 0 Å². The molecule has 2 amide bonds. The molecule has 0 unspecified atom stereocenters. The minimum Gasteiger partial charge on any atom is -0.343 e. The number of rotatable bonds is 5. The maximum atomic E-state index is 12.0. The highest BCUT2D eigenvalue weighted by molar-refractivity contribution is 9.10. The van der Waals surface area contributed by atoms with Crippen molar-refractivity contribution >= 4 is 44.7 Å². The third-order valence-corrected chi connectivity index (χ3v) is 4.40. The quantitative estimate of drug-likeness (QED) is 0.500. The van der Waals surface area contributed by atoms with Crippen LogP contribution in [0.4, 0.5) is 0 Å². The number of halogens is 1. The van der Waals surface area contributed by atoms with Gasteiger partial charge in [-0.25, -0.2) is 5.43 Å². The average molecular weight is 410 g/mol. The highest BCUT2D eigenvalue weighted by Crippen LogP contribution is 2.15. The van der Waals surface area contributed by atoms with Crippen molar-refractivity contribution in [2.75, 3.05) is 6.54 Å². The van der Waals surface area contributed by atoms with Crippen LogP contribution in [0, 0.1) is 0 Å². The molecule has 26 heavy (non-hydrogen) atoms. The summed E-state index contributed by atoms with van der Waals surface area (Å²) >= 11 is 3.30. The summed E-state index contributed by atoms with van der Waals surface area (Å²) in [5.74, 6) is -0.728. The lowest BCUT2D eigenvalue weighted by Crippen LogP contribution is -2.35. The first-order valence-electron chi connectivity index (χ1n) is 7.97. The van der Waals surface area contributed by atoms with E-state index in [0.717, 1.165) is 16.3 Å². The van der Waals surface area contributed by atoms with Crippen molar-refractivity contribution in [2.24, 2.45) is 5.10 Å². The molecular formula is C20H16BrN3O2. The fourth-order valence-corrected chi connectivity index (χ4v) is 2.87. The van der Waals surface area contributed by atoms with Gasteiger partial charge in [0, 0.05) is 4.47 Å². The number of carbonyl (C=O) groups excluding carboxylic acids is 2. The van der Waals surface area contributed by atoms with Crippen LogP contribution < -0.4 is 10.7 Å². The first-order valence-corrected chi connectivity index (χ1v) is 8.76. The molecule has 0 fully saturated rings. The largest absolute Gasteiger partial charge is 0.343 e. The molecule has 6 heteroatoms. The number of amides is 2. The summed E-state index contributed by atoms with van der Waals surface area (Å²) in [6.45, 7) is -0.158. The van der Waals surface area contributed by atoms with E-state index < -0.39 is 5.91 Å². The van der Waals surface area contributed by atoms with Crippen LogP contribution >= 0.6 is 15.9 Å². The predicted molar refractivity (Wildman–Crippen MR) is 106 cm³/mol. The maximum Gasteiger partial charge on any atom is 0.259 e. The molecule has 0 radical (unpaired) electrons. The van der Waals surface area contributed by atoms with Gasteiger partial charge >= 0.3 is 0 Å². The first kappa shape index (κ1) is 17.8. The lowest BCUT2D eigenvalue weighted by Gasteiger charge is -2.05. The molecule has 130 valence electrons. The van der Waals surface area contributed by atoms with Crippen molar-refractivity contribution in [1.29, 1.82) is 0 Å². The van der Waals surface area contributed by atoms with Gasteiger partial charge in [0.2, 0.25) is 0 Å². The van der Waals surface area contributed by atoms with Crippen LogP contribution in [-0.2, 0) is 4.79 Å². The van der Waals surface area contributed by atoms with Crippen molar-refractivity contribution in [1.82, 2.24) is 10.7 Å². The minimum absolute atomic E-state index is 0.158. The molecule has 0 aromatic heterocycles. The van der Waals surface area contributed by atoms with Crippen LogP contribution in [0.3, 0.4) is 0 Å². The van der Waals surface area contributed by atoms with Crippen LogP contribution in [0.5, 0.6) is 0 Å². The molecule has 2 N–H and O–H groups in total. The number of fused-ring (bicyclic) bond motifs is 1. The van der Waals surface area contributed by atoms with E-state index in [4.69, 9.17) is 0 Å². The Bertz CT molecular complexity index is 985. The molecule has 5 nitrogen and oxygen atoms in total. The van der Waals surface area contributed by atoms with Crippen molar-refractivity contribution in [3.8, 4) is 0 Å². The molecule has 0 heterocycles. The predicted octanol–water partition coefficient (Wildman–Crippen LogP) is 3.48. The van der Waals surface area contributed by atoms with Gasteiger partial charge < -0.3 is 5.32 Å². The lowest BCUT2D eigenvalue weighted by atomic mass is 10.1. The molecule has 0 saturated carbocycles. The molecule has 0 saturated heterocycles. The summed E-state index contributed by atoms with van der Waals surface area (Å²) in [5.41, 5.74) is 3.75. The van der Waals surface area contributed by atoms with E-state index in [1.165, 1.54) is 0 Å². The van der Waals surface area contributed by atoms with Crippen LogP contribution in [0.25, 0.3) is 10.8 Å². The Morgan fingerprint density at radius 1 is 0.962 bits per heavy atom. The molecule has 3 rings (SSSR count). The minimum atomic E-state index is -0.401. The van der Waals surface area contributed by atoms with Crippen LogP contribution in [0.1, 0.15) is 15.9 Å². The number of nitrogens with zero attached hydrogens (tertiary/aromatic N) is 1. The van der Waals surface area contributed by atoms with Gasteiger partial charge in [-0.05, 0) is 50.5 Å². The van der Waals surface area contributed by atoms with E-state index in [0.29, 0.717) is 10.0 Å². The number of benzene rings is 3. The van der Waals surface area contributed by atoms with E-state index in [2.05, 4.69) is 31.8 Å². The van der Waals surface area contributed by atoms with E-state index in [9.17, 15) is 9.59 Å². The zero-order chi connectivity index (χ0) is 18.4. The Morgan fingerprint density at radius 3 is 2.50 bits per heavy atom. The molecule has 3 aromatic rings. The number of hydrogen-bond acceptors (Lipinski definition) is 3. The topological polar surface area (TPSA) is 70.6 Å². The monoisotopic (exact) mass is 409 g/mol. The summed E-state index contributed by atoms with van der Waals surface area (Å²) in [7, 11) is 0. The molecule has 3 aromatic carbocycles. The second kappa shape index (κ2) is 8.40. The van der Waals surface area contributed by atoms with Gasteiger partial charge in [0.25, 0.3) is 11.8 Å². The fourth-order valence-electron chi connectivity index (χ4n) is 2.41. The van der Waals surface area contributed by atoms with Crippen molar-refractivity contribution < 1.29 is 9.59 Å². The van der Waals surface area contributed by atoms with Crippen molar-refractivity contribution in [3.63, 3.8) is 0 Å². The molecular weight excluding hydrogens is 394 g/mol. The lowest BCUT2D eigenvalue weighted by molar-refractivity contribution is -0.120. The second-order valence-corrected chi connectivity index (χ2v) is 6.42. The number of nitrogens with one attached hydrogen (secondary N) is 2. The highest BCUT2D eigenvalue weighted by Gasteiger charge is 2.10. The Hall–Kier alpha value is -2.99. The van der Waals surface area contributed by atoms with Crippen LogP contribution in [-0.4, -0.2) is 24.6 Å². The molecule has 0 bridgehead atoms. The zero-order valence-electron chi connectivity index (χ0n) is 13.8. The zero-order valence-corrected chi connectivity index (χ0v) is 15.4. The standard InChI is InChI=1S/C20H16BrN3O2/c21-18-8-4-3-7-17(18)20(26)22-13-19(25)24-23-12-14-9-10-15-5-1-2-6-16(15)11-14/h1-12H,13H2,(H,22,26)(H,24,25). The number of hydrogen-bond donors (Lipinski definition) is 2. The van der Waals surface area contributed by atoms with Crippen LogP contribution in [0.15, 0.2) is 76.3 Å². The smallest absolute Gasteiger partial charge is 0.259 e. The van der Waals surface area contributed by atoms with Gasteiger partial charge in [-0.15, -0.1) is 0 Å². The average Bonchev–Trinajstić information content (AvgIpc) is 2.66. The van der Waals surface area contributed by atoms with Gasteiger partial charge in [0.1, 0.15) is 0 Å². The Labute approximate surface area is 159 Å². The van der Waals surface area contributed by atoms with Gasteiger partial charge in [0.15, 0.2) is 0 Å². The normalized spacial score (nSPS) is 10.8. The summed E-state index contributed by atoms with van der Waals surface area (Å²) in [6, 6.07) is 20.9. The number of hydrazone groups is 1. The van der Waals surface area contributed by atoms with Crippen molar-refractivity contribution in [3.05, 3.63) is 82.3 Å². The number of carbonyl (C=O) groups is 2. The fraction of sp³-hybridized carbons (Fsp3) is 0.0500. The Morgan fingerprint density at radius 2 is 1.69 bits per heavy atom. The third-order valence-electron chi connectivity index (χ3n) is 3.70. The summed E-state index contributed by atoms with van der Waals surface area (Å²) in [5, 5.41) is 8.73. The molecule has 0 aliphatic heterocycles. The SMILES string of the molecule is O=C(CNC(=O)c1ccccc1Br)NN=Cc1ccc2ccccc2c1. The van der Waals surface area contributed by atoms with Crippen LogP contribution in [0.2, 0.25) is 0 Å². The maximum absolute atomic E-state index is 12.0. The van der Waals surface area contributed by atoms with E-state index in [-0.39, 0.29) is 12.5 Å². The van der Waals surface area contributed by atoms with E-state index in [1.807, 2.05) is 48.5 Å². The van der Waals surface area contributed by atoms with Gasteiger partial charge in [-0.3, -0.25) is 9.59 Å². The van der Waals surface area contributed by atoms with Gasteiger partial charge in [-0.1, -0.05) is 48.5 Å². The molecule has 0 atom stereocenters. The third kappa shape index (κ3) is 4.55. The first-order chi connectivity index (χ1) is 12.6. The van der Waals surface area contributed by atoms with Crippen molar-refractivity contribution in [2.45, 2.75) is 0 Å². The summed E-state index contributed by atoms with van der Waals surface area (Å²) < 4.78 is 0.673. The molecule has 0 aliphatic carbocycles. The Balaban J connectivity index is 1.52. The highest BCUT2D eigenvalue weighted by atomic mass is 79.9. The summed E-state index contributed by atoms with van der Waals surface area (Å²) in [6.07, 6.45) is 1.57. The van der Waals surface area contributed by atoms with E-state index in [1.54, 1.807) is 24.4 Å². The summed E-state index contributed by atoms with van der Waals surface area (Å²) in [4.78, 5) is 23.8. The van der Waals surface area contributed by atoms with Gasteiger partial charge in [0.05, 0.1) is 18.3 Å². The van der Waals surface area contributed by atoms with Gasteiger partial charge in [-0.2, -0.15) is 5.10 Å². The molecule has 0 aliphatic rings. The second-order valence-electron chi connectivity index (χ2n) is 5.56. The molecule has 0 spiro atoms.